The highest BCUT2D eigenvalue weighted by molar-refractivity contribution is 7.17. The van der Waals surface area contributed by atoms with Gasteiger partial charge in [-0.2, -0.15) is 0 Å². The molecule has 0 saturated carbocycles. The second kappa shape index (κ2) is 7.39. The number of ether oxygens (including phenoxy) is 1. The summed E-state index contributed by atoms with van der Waals surface area (Å²) in [5.74, 6) is 0.843. The molecule has 1 unspecified atom stereocenters. The molecule has 4 aromatic rings. The van der Waals surface area contributed by atoms with Crippen LogP contribution in [0.1, 0.15) is 23.8 Å². The largest absolute Gasteiger partial charge is 0.494 e. The van der Waals surface area contributed by atoms with E-state index in [4.69, 9.17) is 15.0 Å². The molecule has 4 nitrogen and oxygen atoms in total. The number of nitrogens with zero attached hydrogens (tertiary/aromatic N) is 1. The number of benzene rings is 1. The molecule has 1 atom stereocenters. The Morgan fingerprint density at radius 3 is 2.96 bits per heavy atom. The Hall–Kier alpha value is -2.15. The van der Waals surface area contributed by atoms with Crippen LogP contribution < -0.4 is 10.5 Å². The van der Waals surface area contributed by atoms with Gasteiger partial charge >= 0.3 is 0 Å². The molecule has 0 radical (unpaired) electrons. The summed E-state index contributed by atoms with van der Waals surface area (Å²) in [7, 11) is 0. The van der Waals surface area contributed by atoms with E-state index in [2.05, 4.69) is 16.6 Å². The van der Waals surface area contributed by atoms with E-state index in [-0.39, 0.29) is 6.04 Å². The molecule has 4 rings (SSSR count). The summed E-state index contributed by atoms with van der Waals surface area (Å²) in [6, 6.07) is 14.1. The summed E-state index contributed by atoms with van der Waals surface area (Å²) in [5, 5.41) is 8.25. The predicted octanol–water partition coefficient (Wildman–Crippen LogP) is 5.48. The minimum absolute atomic E-state index is 0.0946. The van der Waals surface area contributed by atoms with Crippen LogP contribution in [0, 0.1) is 0 Å². The third kappa shape index (κ3) is 3.61. The summed E-state index contributed by atoms with van der Waals surface area (Å²) < 4.78 is 12.3. The van der Waals surface area contributed by atoms with E-state index < -0.39 is 0 Å². The van der Waals surface area contributed by atoms with Crippen molar-refractivity contribution in [3.8, 4) is 17.0 Å². The highest BCUT2D eigenvalue weighted by atomic mass is 32.1. The lowest BCUT2D eigenvalue weighted by molar-refractivity contribution is 0.302. The molecule has 0 aliphatic rings. The number of nitrogens with two attached hydrogens (primary N) is 1. The van der Waals surface area contributed by atoms with E-state index in [1.165, 1.54) is 4.88 Å². The standard InChI is InChI=1S/C19H18N2O2S2/c20-15(17-7-3-10-24-17)6-2-9-22-14-5-1-4-13(12-14)18-19-16(23-21-18)8-11-25-19/h1,3-5,7-8,10-12,15H,2,6,9,20H2. The molecular formula is C19H18N2O2S2. The Morgan fingerprint density at radius 2 is 2.08 bits per heavy atom. The van der Waals surface area contributed by atoms with Crippen LogP contribution in [0.15, 0.2) is 57.7 Å². The van der Waals surface area contributed by atoms with E-state index in [0.29, 0.717) is 6.61 Å². The molecule has 0 spiro atoms. The predicted molar refractivity (Wildman–Crippen MR) is 103 cm³/mol. The topological polar surface area (TPSA) is 61.3 Å². The van der Waals surface area contributed by atoms with Crippen molar-refractivity contribution in [3.63, 3.8) is 0 Å². The molecule has 0 bridgehead atoms. The van der Waals surface area contributed by atoms with Crippen molar-refractivity contribution in [3.05, 3.63) is 58.1 Å². The summed E-state index contributed by atoms with van der Waals surface area (Å²) in [4.78, 5) is 1.23. The Balaban J connectivity index is 1.36. The zero-order valence-electron chi connectivity index (χ0n) is 13.6. The van der Waals surface area contributed by atoms with Crippen LogP contribution in [-0.2, 0) is 0 Å². The van der Waals surface area contributed by atoms with Gasteiger partial charge in [0.05, 0.1) is 6.61 Å². The highest BCUT2D eigenvalue weighted by Crippen LogP contribution is 2.33. The molecule has 2 N–H and O–H groups in total. The van der Waals surface area contributed by atoms with Crippen LogP contribution >= 0.6 is 22.7 Å². The van der Waals surface area contributed by atoms with Crippen molar-refractivity contribution in [2.24, 2.45) is 5.73 Å². The van der Waals surface area contributed by atoms with Gasteiger partial charge in [-0.25, -0.2) is 0 Å². The average molecular weight is 370 g/mol. The smallest absolute Gasteiger partial charge is 0.178 e. The lowest BCUT2D eigenvalue weighted by Crippen LogP contribution is -2.10. The van der Waals surface area contributed by atoms with Crippen molar-refractivity contribution in [2.75, 3.05) is 6.61 Å². The van der Waals surface area contributed by atoms with Crippen LogP contribution in [0.4, 0.5) is 0 Å². The first-order chi connectivity index (χ1) is 12.3. The van der Waals surface area contributed by atoms with Crippen LogP contribution in [0.2, 0.25) is 0 Å². The average Bonchev–Trinajstić information content (AvgIpc) is 3.36. The monoisotopic (exact) mass is 370 g/mol. The number of hydrogen-bond acceptors (Lipinski definition) is 6. The number of aromatic nitrogens is 1. The van der Waals surface area contributed by atoms with Gasteiger partial charge in [-0.3, -0.25) is 0 Å². The fourth-order valence-corrected chi connectivity index (χ4v) is 4.31. The Kier molecular flexibility index (Phi) is 4.83. The molecule has 25 heavy (non-hydrogen) atoms. The van der Waals surface area contributed by atoms with Crippen molar-refractivity contribution in [1.82, 2.24) is 5.16 Å². The fourth-order valence-electron chi connectivity index (χ4n) is 2.73. The molecule has 6 heteroatoms. The summed E-state index contributed by atoms with van der Waals surface area (Å²) in [6.07, 6.45) is 1.84. The molecule has 1 aromatic carbocycles. The van der Waals surface area contributed by atoms with Gasteiger partial charge in [0.1, 0.15) is 16.1 Å². The second-order valence-electron chi connectivity index (χ2n) is 5.79. The highest BCUT2D eigenvalue weighted by Gasteiger charge is 2.12. The third-order valence-electron chi connectivity index (χ3n) is 4.02. The first-order valence-corrected chi connectivity index (χ1v) is 9.92. The maximum absolute atomic E-state index is 6.19. The zero-order valence-corrected chi connectivity index (χ0v) is 15.2. The molecule has 0 amide bonds. The summed E-state index contributed by atoms with van der Waals surface area (Å²) in [6.45, 7) is 0.649. The number of fused-ring (bicyclic) bond motifs is 1. The van der Waals surface area contributed by atoms with E-state index >= 15 is 0 Å². The van der Waals surface area contributed by atoms with Crippen LogP contribution in [-0.4, -0.2) is 11.8 Å². The Bertz CT molecular complexity index is 943. The normalized spacial score (nSPS) is 12.5. The Morgan fingerprint density at radius 1 is 1.12 bits per heavy atom. The molecule has 128 valence electrons. The van der Waals surface area contributed by atoms with Gasteiger partial charge in [0.25, 0.3) is 0 Å². The minimum Gasteiger partial charge on any atom is -0.494 e. The number of hydrogen-bond donors (Lipinski definition) is 1. The molecule has 0 saturated heterocycles. The SMILES string of the molecule is NC(CCCOc1cccc(-c2noc3ccsc23)c1)c1cccs1. The van der Waals surface area contributed by atoms with E-state index in [1.807, 2.05) is 41.8 Å². The molecule has 3 aromatic heterocycles. The number of thiophene rings is 2. The van der Waals surface area contributed by atoms with Gasteiger partial charge in [-0.15, -0.1) is 22.7 Å². The Labute approximate surface area is 153 Å². The first kappa shape index (κ1) is 16.3. The van der Waals surface area contributed by atoms with Gasteiger partial charge in [-0.1, -0.05) is 23.4 Å². The molecular weight excluding hydrogens is 352 g/mol. The van der Waals surface area contributed by atoms with Crippen molar-refractivity contribution >= 4 is 33.0 Å². The van der Waals surface area contributed by atoms with Crippen LogP contribution in [0.5, 0.6) is 5.75 Å². The minimum atomic E-state index is 0.0946. The quantitative estimate of drug-likeness (QED) is 0.438. The second-order valence-corrected chi connectivity index (χ2v) is 7.68. The third-order valence-corrected chi connectivity index (χ3v) is 5.93. The first-order valence-electron chi connectivity index (χ1n) is 8.16. The molecule has 0 aliphatic carbocycles. The number of rotatable bonds is 7. The summed E-state index contributed by atoms with van der Waals surface area (Å²) in [5.41, 5.74) is 8.89. The van der Waals surface area contributed by atoms with Crippen LogP contribution in [0.3, 0.4) is 0 Å². The molecule has 0 fully saturated rings. The molecule has 3 heterocycles. The van der Waals surface area contributed by atoms with E-state index in [9.17, 15) is 0 Å². The van der Waals surface area contributed by atoms with Crippen molar-refractivity contribution < 1.29 is 9.26 Å². The summed E-state index contributed by atoms with van der Waals surface area (Å²) >= 11 is 3.34. The van der Waals surface area contributed by atoms with Crippen LogP contribution in [0.25, 0.3) is 21.5 Å². The van der Waals surface area contributed by atoms with E-state index in [0.717, 1.165) is 40.1 Å². The van der Waals surface area contributed by atoms with Gasteiger partial charge in [-0.05, 0) is 47.9 Å². The maximum atomic E-state index is 6.19. The van der Waals surface area contributed by atoms with Crippen molar-refractivity contribution in [2.45, 2.75) is 18.9 Å². The van der Waals surface area contributed by atoms with Crippen molar-refractivity contribution in [1.29, 1.82) is 0 Å². The lowest BCUT2D eigenvalue weighted by atomic mass is 10.1. The van der Waals surface area contributed by atoms with Gasteiger partial charge < -0.3 is 15.0 Å². The van der Waals surface area contributed by atoms with Gasteiger partial charge in [0.2, 0.25) is 0 Å². The lowest BCUT2D eigenvalue weighted by Gasteiger charge is -2.11. The van der Waals surface area contributed by atoms with Gasteiger partial charge in [0, 0.05) is 16.5 Å². The fraction of sp³-hybridized carbons (Fsp3) is 0.211. The van der Waals surface area contributed by atoms with E-state index in [1.54, 1.807) is 22.7 Å². The molecule has 0 aliphatic heterocycles. The maximum Gasteiger partial charge on any atom is 0.178 e. The van der Waals surface area contributed by atoms with Gasteiger partial charge in [0.15, 0.2) is 5.58 Å². The zero-order chi connectivity index (χ0) is 17.1.